The third-order valence-electron chi connectivity index (χ3n) is 2.17. The highest BCUT2D eigenvalue weighted by Crippen LogP contribution is 2.19. The van der Waals surface area contributed by atoms with E-state index in [1.165, 1.54) is 11.6 Å². The van der Waals surface area contributed by atoms with E-state index >= 15 is 0 Å². The van der Waals surface area contributed by atoms with Crippen molar-refractivity contribution >= 4 is 0 Å². The minimum Gasteiger partial charge on any atom is -0.240 e. The lowest BCUT2D eigenvalue weighted by atomic mass is 9.99. The summed E-state index contributed by atoms with van der Waals surface area (Å²) in [5.41, 5.74) is -0.0660. The Balaban J connectivity index is 2.48. The predicted octanol–water partition coefficient (Wildman–Crippen LogP) is 3.53. The highest BCUT2D eigenvalue weighted by Gasteiger charge is 2.17. The maximum Gasteiger partial charge on any atom is 0.126 e. The lowest BCUT2D eigenvalue weighted by Gasteiger charge is -2.14. The highest BCUT2D eigenvalue weighted by atomic mass is 19.1. The monoisotopic (exact) mass is 178 g/mol. The molecule has 1 aromatic rings. The summed E-state index contributed by atoms with van der Waals surface area (Å²) >= 11 is 0. The molecule has 1 heteroatoms. The molecule has 0 N–H and O–H groups in total. The molecule has 0 saturated heterocycles. The number of aryl methyl sites for hydroxylation is 1. The molecule has 1 atom stereocenters. The second-order valence-corrected chi connectivity index (χ2v) is 3.47. The van der Waals surface area contributed by atoms with Crippen LogP contribution in [0, 0.1) is 0 Å². The zero-order valence-electron chi connectivity index (χ0n) is 7.96. The maximum atomic E-state index is 13.4. The Morgan fingerprint density at radius 1 is 1.38 bits per heavy atom. The summed E-state index contributed by atoms with van der Waals surface area (Å²) in [7, 11) is 0. The number of allylic oxidation sites excluding steroid dienone is 1. The molecule has 0 aliphatic heterocycles. The Morgan fingerprint density at radius 3 is 2.54 bits per heavy atom. The van der Waals surface area contributed by atoms with Crippen LogP contribution in [0.3, 0.4) is 0 Å². The van der Waals surface area contributed by atoms with Gasteiger partial charge in [0, 0.05) is 0 Å². The summed E-state index contributed by atoms with van der Waals surface area (Å²) in [6, 6.07) is 9.93. The lowest BCUT2D eigenvalue weighted by Crippen LogP contribution is -2.14. The minimum atomic E-state index is -1.24. The van der Waals surface area contributed by atoms with Crippen LogP contribution in [0.25, 0.3) is 0 Å². The van der Waals surface area contributed by atoms with Crippen LogP contribution in [-0.2, 0) is 6.42 Å². The van der Waals surface area contributed by atoms with Crippen molar-refractivity contribution in [2.24, 2.45) is 0 Å². The maximum absolute atomic E-state index is 13.4. The first kappa shape index (κ1) is 9.97. The molecule has 0 radical (unpaired) electrons. The number of benzene rings is 1. The number of hydrogen-bond donors (Lipinski definition) is 0. The lowest BCUT2D eigenvalue weighted by molar-refractivity contribution is 0.241. The molecular formula is C12H15F. The average Bonchev–Trinajstić information content (AvgIpc) is 2.17. The van der Waals surface area contributed by atoms with Gasteiger partial charge in [-0.15, -0.1) is 0 Å². The van der Waals surface area contributed by atoms with E-state index in [0.717, 1.165) is 6.42 Å². The van der Waals surface area contributed by atoms with E-state index in [1.54, 1.807) is 6.92 Å². The average molecular weight is 178 g/mol. The van der Waals surface area contributed by atoms with Gasteiger partial charge in [-0.25, -0.2) is 4.39 Å². The molecule has 0 bridgehead atoms. The van der Waals surface area contributed by atoms with Crippen LogP contribution in [0.2, 0.25) is 0 Å². The molecule has 70 valence electrons. The summed E-state index contributed by atoms with van der Waals surface area (Å²) in [4.78, 5) is 0. The van der Waals surface area contributed by atoms with Gasteiger partial charge in [0.1, 0.15) is 5.67 Å². The van der Waals surface area contributed by atoms with E-state index in [0.29, 0.717) is 6.42 Å². The fourth-order valence-corrected chi connectivity index (χ4v) is 1.14. The fourth-order valence-electron chi connectivity index (χ4n) is 1.14. The number of hydrogen-bond acceptors (Lipinski definition) is 0. The van der Waals surface area contributed by atoms with E-state index in [-0.39, 0.29) is 0 Å². The fraction of sp³-hybridized carbons (Fsp3) is 0.333. The van der Waals surface area contributed by atoms with Gasteiger partial charge in [-0.05, 0) is 25.3 Å². The second-order valence-electron chi connectivity index (χ2n) is 3.47. The van der Waals surface area contributed by atoms with Crippen molar-refractivity contribution in [1.82, 2.24) is 0 Å². The molecule has 0 aromatic heterocycles. The summed E-state index contributed by atoms with van der Waals surface area (Å²) in [5.74, 6) is 0. The Morgan fingerprint density at radius 2 is 2.00 bits per heavy atom. The molecule has 0 unspecified atom stereocenters. The van der Waals surface area contributed by atoms with Crippen LogP contribution >= 0.6 is 0 Å². The first-order valence-electron chi connectivity index (χ1n) is 4.50. The van der Waals surface area contributed by atoms with Crippen LogP contribution in [0.15, 0.2) is 43.0 Å². The zero-order valence-corrected chi connectivity index (χ0v) is 7.96. The van der Waals surface area contributed by atoms with Crippen LogP contribution in [0.5, 0.6) is 0 Å². The molecule has 0 nitrogen and oxygen atoms in total. The first-order valence-corrected chi connectivity index (χ1v) is 4.50. The minimum absolute atomic E-state index is 0.501. The molecule has 0 saturated carbocycles. The van der Waals surface area contributed by atoms with E-state index < -0.39 is 5.67 Å². The van der Waals surface area contributed by atoms with Gasteiger partial charge in [-0.3, -0.25) is 0 Å². The van der Waals surface area contributed by atoms with Crippen molar-refractivity contribution in [3.63, 3.8) is 0 Å². The number of rotatable bonds is 4. The van der Waals surface area contributed by atoms with Crippen molar-refractivity contribution in [3.05, 3.63) is 48.6 Å². The summed E-state index contributed by atoms with van der Waals surface area (Å²) in [6.45, 7) is 5.03. The molecule has 0 aliphatic carbocycles. The smallest absolute Gasteiger partial charge is 0.126 e. The van der Waals surface area contributed by atoms with Crippen molar-refractivity contribution in [3.8, 4) is 0 Å². The van der Waals surface area contributed by atoms with Crippen LogP contribution in [-0.4, -0.2) is 5.67 Å². The largest absolute Gasteiger partial charge is 0.240 e. The summed E-state index contributed by atoms with van der Waals surface area (Å²) < 4.78 is 13.4. The normalized spacial score (nSPS) is 14.9. The molecule has 0 aliphatic rings. The van der Waals surface area contributed by atoms with E-state index in [2.05, 4.69) is 6.58 Å². The third kappa shape index (κ3) is 3.41. The molecule has 0 amide bonds. The molecule has 0 fully saturated rings. The molecule has 13 heavy (non-hydrogen) atoms. The Bertz CT molecular complexity index is 262. The molecule has 0 spiro atoms. The van der Waals surface area contributed by atoms with Crippen molar-refractivity contribution in [2.75, 3.05) is 0 Å². The van der Waals surface area contributed by atoms with E-state index in [4.69, 9.17) is 0 Å². The molecular weight excluding hydrogens is 163 g/mol. The van der Waals surface area contributed by atoms with Gasteiger partial charge in [0.2, 0.25) is 0 Å². The first-order chi connectivity index (χ1) is 6.14. The van der Waals surface area contributed by atoms with Gasteiger partial charge < -0.3 is 0 Å². The van der Waals surface area contributed by atoms with Crippen LogP contribution in [0.4, 0.5) is 4.39 Å². The zero-order chi connectivity index (χ0) is 9.73. The molecule has 0 heterocycles. The summed E-state index contributed by atoms with van der Waals surface area (Å²) in [6.07, 6.45) is 2.64. The quantitative estimate of drug-likeness (QED) is 0.619. The Labute approximate surface area is 79.1 Å². The van der Waals surface area contributed by atoms with Gasteiger partial charge in [0.15, 0.2) is 0 Å². The van der Waals surface area contributed by atoms with Gasteiger partial charge in [-0.2, -0.15) is 0 Å². The predicted molar refractivity (Wildman–Crippen MR) is 54.5 cm³/mol. The Hall–Kier alpha value is -1.11. The molecule has 1 aromatic carbocycles. The standard InChI is InChI=1S/C12H15F/c1-3-12(2,13)10-9-11-7-5-4-6-8-11/h3-8H,1,9-10H2,2H3/t12-/m0/s1. The Kier molecular flexibility index (Phi) is 3.24. The van der Waals surface area contributed by atoms with Gasteiger partial charge in [0.25, 0.3) is 0 Å². The van der Waals surface area contributed by atoms with Gasteiger partial charge >= 0.3 is 0 Å². The third-order valence-corrected chi connectivity index (χ3v) is 2.17. The summed E-state index contributed by atoms with van der Waals surface area (Å²) in [5, 5.41) is 0. The highest BCUT2D eigenvalue weighted by molar-refractivity contribution is 5.15. The SMILES string of the molecule is C=C[C@](C)(F)CCc1ccccc1. The second kappa shape index (κ2) is 4.22. The van der Waals surface area contributed by atoms with Crippen LogP contribution < -0.4 is 0 Å². The topological polar surface area (TPSA) is 0 Å². The van der Waals surface area contributed by atoms with E-state index in [9.17, 15) is 4.39 Å². The van der Waals surface area contributed by atoms with E-state index in [1.807, 2.05) is 30.3 Å². The van der Waals surface area contributed by atoms with Gasteiger partial charge in [-0.1, -0.05) is 43.0 Å². The van der Waals surface area contributed by atoms with Crippen LogP contribution in [0.1, 0.15) is 18.9 Å². The van der Waals surface area contributed by atoms with Gasteiger partial charge in [0.05, 0.1) is 0 Å². The molecule has 1 rings (SSSR count). The van der Waals surface area contributed by atoms with Crippen molar-refractivity contribution in [2.45, 2.75) is 25.4 Å². The number of halogens is 1. The number of alkyl halides is 1. The van der Waals surface area contributed by atoms with Crippen molar-refractivity contribution in [1.29, 1.82) is 0 Å². The van der Waals surface area contributed by atoms with Crippen molar-refractivity contribution < 1.29 is 4.39 Å².